The normalized spacial score (nSPS) is 14.2. The van der Waals surface area contributed by atoms with E-state index in [4.69, 9.17) is 18.6 Å². The van der Waals surface area contributed by atoms with E-state index in [1.165, 1.54) is 11.0 Å². The molecule has 44 heavy (non-hydrogen) atoms. The van der Waals surface area contributed by atoms with Crippen molar-refractivity contribution in [3.05, 3.63) is 91.8 Å². The van der Waals surface area contributed by atoms with Crippen molar-refractivity contribution in [2.24, 2.45) is 0 Å². The minimum absolute atomic E-state index is 0.0408. The van der Waals surface area contributed by atoms with Gasteiger partial charge >= 0.3 is 5.97 Å². The Bertz CT molecular complexity index is 1810. The first-order valence-corrected chi connectivity index (χ1v) is 15.6. The van der Waals surface area contributed by atoms with Crippen LogP contribution in [0.4, 0.5) is 5.13 Å². The summed E-state index contributed by atoms with van der Waals surface area (Å²) in [5, 5.41) is 0.625. The van der Waals surface area contributed by atoms with Crippen LogP contribution in [-0.4, -0.2) is 36.7 Å². The molecule has 2 aromatic heterocycles. The molecule has 1 atom stereocenters. The molecule has 1 aliphatic rings. The van der Waals surface area contributed by atoms with Crippen molar-refractivity contribution >= 4 is 39.3 Å². The van der Waals surface area contributed by atoms with Crippen LogP contribution in [0.2, 0.25) is 0 Å². The van der Waals surface area contributed by atoms with Crippen LogP contribution in [-0.2, 0) is 4.74 Å². The van der Waals surface area contributed by atoms with Crippen molar-refractivity contribution in [2.75, 3.05) is 24.7 Å². The maximum Gasteiger partial charge on any atom is 0.350 e. The third-order valence-corrected chi connectivity index (χ3v) is 8.72. The maximum atomic E-state index is 14.2. The van der Waals surface area contributed by atoms with Crippen LogP contribution in [0.5, 0.6) is 11.5 Å². The van der Waals surface area contributed by atoms with E-state index < -0.39 is 17.9 Å². The van der Waals surface area contributed by atoms with Gasteiger partial charge in [0.1, 0.15) is 17.1 Å². The average Bonchev–Trinajstić information content (AvgIpc) is 3.53. The zero-order chi connectivity index (χ0) is 31.5. The number of aryl methyl sites for hydroxylation is 3. The fourth-order valence-corrected chi connectivity index (χ4v) is 6.22. The molecule has 0 saturated carbocycles. The van der Waals surface area contributed by atoms with E-state index in [0.29, 0.717) is 46.9 Å². The summed E-state index contributed by atoms with van der Waals surface area (Å²) in [6.45, 7) is 14.1. The second-order valence-corrected chi connectivity index (χ2v) is 11.7. The van der Waals surface area contributed by atoms with Gasteiger partial charge in [-0.3, -0.25) is 14.5 Å². The molecule has 0 saturated heterocycles. The van der Waals surface area contributed by atoms with E-state index in [9.17, 15) is 14.4 Å². The molecule has 4 aromatic rings. The Hall–Kier alpha value is -4.44. The largest absolute Gasteiger partial charge is 0.490 e. The Labute approximate surface area is 260 Å². The summed E-state index contributed by atoms with van der Waals surface area (Å²) in [6, 6.07) is 8.09. The summed E-state index contributed by atoms with van der Waals surface area (Å²) in [5.74, 6) is -0.0715. The number of thiazole rings is 1. The summed E-state index contributed by atoms with van der Waals surface area (Å²) < 4.78 is 23.4. The SMILES string of the molecule is C=CCOC(=O)c1sc(N2C(=O)c3oc4cc(C)c(C)cc4c(=O)c3C2c2ccc(OCCCCC)c(OCC)c2)nc1C. The highest BCUT2D eigenvalue weighted by Gasteiger charge is 2.45. The van der Waals surface area contributed by atoms with Gasteiger partial charge in [-0.25, -0.2) is 9.78 Å². The Kier molecular flexibility index (Phi) is 9.20. The fourth-order valence-electron chi connectivity index (χ4n) is 5.23. The molecule has 1 amide bonds. The summed E-state index contributed by atoms with van der Waals surface area (Å²) in [5.41, 5.74) is 3.12. The smallest absolute Gasteiger partial charge is 0.350 e. The molecule has 0 spiro atoms. The third-order valence-electron chi connectivity index (χ3n) is 7.58. The van der Waals surface area contributed by atoms with Crippen LogP contribution in [0.3, 0.4) is 0 Å². The molecule has 3 heterocycles. The van der Waals surface area contributed by atoms with Gasteiger partial charge in [-0.05, 0) is 75.1 Å². The molecule has 2 aromatic carbocycles. The predicted octanol–water partition coefficient (Wildman–Crippen LogP) is 7.24. The minimum Gasteiger partial charge on any atom is -0.490 e. The van der Waals surface area contributed by atoms with Crippen LogP contribution in [0.1, 0.15) is 87.3 Å². The van der Waals surface area contributed by atoms with Crippen LogP contribution < -0.4 is 19.8 Å². The Balaban J connectivity index is 1.68. The molecule has 10 heteroatoms. The number of aromatic nitrogens is 1. The zero-order valence-corrected chi connectivity index (χ0v) is 26.5. The number of benzene rings is 2. The summed E-state index contributed by atoms with van der Waals surface area (Å²) in [6.07, 6.45) is 4.52. The molecule has 5 rings (SSSR count). The van der Waals surface area contributed by atoms with E-state index >= 15 is 0 Å². The molecule has 0 N–H and O–H groups in total. The highest BCUT2D eigenvalue weighted by atomic mass is 32.1. The Morgan fingerprint density at radius 2 is 1.84 bits per heavy atom. The number of carbonyl (C=O) groups is 2. The van der Waals surface area contributed by atoms with Gasteiger partial charge in [0, 0.05) is 0 Å². The van der Waals surface area contributed by atoms with Gasteiger partial charge in [-0.15, -0.1) is 0 Å². The van der Waals surface area contributed by atoms with Crippen LogP contribution >= 0.6 is 11.3 Å². The van der Waals surface area contributed by atoms with Gasteiger partial charge in [-0.2, -0.15) is 0 Å². The molecule has 1 unspecified atom stereocenters. The molecule has 9 nitrogen and oxygen atoms in total. The molecular formula is C34H36N2O7S. The lowest BCUT2D eigenvalue weighted by molar-refractivity contribution is 0.0554. The number of ether oxygens (including phenoxy) is 3. The van der Waals surface area contributed by atoms with Crippen molar-refractivity contribution in [3.63, 3.8) is 0 Å². The van der Waals surface area contributed by atoms with Crippen molar-refractivity contribution in [3.8, 4) is 11.5 Å². The van der Waals surface area contributed by atoms with Gasteiger partial charge in [-0.1, -0.05) is 49.8 Å². The second kappa shape index (κ2) is 13.1. The first-order chi connectivity index (χ1) is 21.2. The summed E-state index contributed by atoms with van der Waals surface area (Å²) >= 11 is 1.02. The van der Waals surface area contributed by atoms with Gasteiger partial charge in [0.25, 0.3) is 5.91 Å². The summed E-state index contributed by atoms with van der Waals surface area (Å²) in [4.78, 5) is 47.3. The van der Waals surface area contributed by atoms with Gasteiger partial charge in [0.05, 0.1) is 35.9 Å². The number of anilines is 1. The number of hydrogen-bond acceptors (Lipinski definition) is 9. The van der Waals surface area contributed by atoms with E-state index in [2.05, 4.69) is 18.5 Å². The lowest BCUT2D eigenvalue weighted by Crippen LogP contribution is -2.29. The molecule has 0 radical (unpaired) electrons. The first kappa shape index (κ1) is 31.0. The van der Waals surface area contributed by atoms with E-state index in [-0.39, 0.29) is 33.4 Å². The number of unbranched alkanes of at least 4 members (excludes halogenated alkanes) is 2. The molecule has 0 bridgehead atoms. The van der Waals surface area contributed by atoms with E-state index in [0.717, 1.165) is 41.7 Å². The quantitative estimate of drug-likeness (QED) is 0.0932. The number of amides is 1. The highest BCUT2D eigenvalue weighted by Crippen LogP contribution is 2.45. The van der Waals surface area contributed by atoms with E-state index in [1.54, 1.807) is 31.2 Å². The number of esters is 1. The second-order valence-electron chi connectivity index (χ2n) is 10.7. The minimum atomic E-state index is -0.893. The summed E-state index contributed by atoms with van der Waals surface area (Å²) in [7, 11) is 0. The molecule has 0 aliphatic carbocycles. The molecular weight excluding hydrogens is 580 g/mol. The average molecular weight is 617 g/mol. The maximum absolute atomic E-state index is 14.2. The van der Waals surface area contributed by atoms with E-state index in [1.807, 2.05) is 26.8 Å². The predicted molar refractivity (Wildman–Crippen MR) is 171 cm³/mol. The third kappa shape index (κ3) is 5.74. The highest BCUT2D eigenvalue weighted by molar-refractivity contribution is 7.17. The molecule has 0 fully saturated rings. The van der Waals surface area contributed by atoms with Crippen LogP contribution in [0.25, 0.3) is 11.0 Å². The molecule has 230 valence electrons. The van der Waals surface area contributed by atoms with Crippen LogP contribution in [0.15, 0.2) is 52.2 Å². The first-order valence-electron chi connectivity index (χ1n) is 14.8. The van der Waals surface area contributed by atoms with Gasteiger partial charge in [0.15, 0.2) is 22.1 Å². The zero-order valence-electron chi connectivity index (χ0n) is 25.7. The number of rotatable bonds is 12. The lowest BCUT2D eigenvalue weighted by Gasteiger charge is -2.23. The number of nitrogens with zero attached hydrogens (tertiary/aromatic N) is 2. The van der Waals surface area contributed by atoms with Crippen molar-refractivity contribution in [1.29, 1.82) is 0 Å². The van der Waals surface area contributed by atoms with Gasteiger partial charge < -0.3 is 18.6 Å². The Morgan fingerprint density at radius 1 is 1.07 bits per heavy atom. The van der Waals surface area contributed by atoms with Crippen molar-refractivity contribution in [2.45, 2.75) is 59.9 Å². The van der Waals surface area contributed by atoms with Crippen molar-refractivity contribution in [1.82, 2.24) is 4.98 Å². The standard InChI is InChI=1S/C34H36N2O7S/c1-7-10-11-15-41-24-13-12-22(18-26(24)40-9-3)28-27-29(37)23-16-19(4)20(5)17-25(23)43-30(27)32(38)36(28)34-35-21(6)31(44-34)33(39)42-14-8-2/h8,12-13,16-18,28H,2,7,9-11,14-15H2,1,3-6H3. The number of fused-ring (bicyclic) bond motifs is 2. The fraction of sp³-hybridized carbons (Fsp3) is 0.353. The van der Waals surface area contributed by atoms with Crippen LogP contribution in [0, 0.1) is 20.8 Å². The van der Waals surface area contributed by atoms with Gasteiger partial charge in [0.2, 0.25) is 5.76 Å². The Morgan fingerprint density at radius 3 is 2.57 bits per heavy atom. The number of hydrogen-bond donors (Lipinski definition) is 0. The topological polar surface area (TPSA) is 108 Å². The lowest BCUT2D eigenvalue weighted by atomic mass is 9.97. The monoisotopic (exact) mass is 616 g/mol. The van der Waals surface area contributed by atoms with Crippen molar-refractivity contribution < 1.29 is 28.2 Å². The number of carbonyl (C=O) groups excluding carboxylic acids is 2. The molecule has 1 aliphatic heterocycles.